The van der Waals surface area contributed by atoms with Gasteiger partial charge in [-0.1, -0.05) is 13.3 Å². The van der Waals surface area contributed by atoms with Gasteiger partial charge in [-0.05, 0) is 54.4 Å². The third-order valence-electron chi connectivity index (χ3n) is 4.08. The van der Waals surface area contributed by atoms with Gasteiger partial charge in [0, 0.05) is 12.2 Å². The molecular formula is C22H25FN4O5. The maximum absolute atomic E-state index is 12.9. The summed E-state index contributed by atoms with van der Waals surface area (Å²) in [4.78, 5) is 35.3. The highest BCUT2D eigenvalue weighted by atomic mass is 19.1. The Morgan fingerprint density at radius 2 is 1.81 bits per heavy atom. The molecule has 0 spiro atoms. The van der Waals surface area contributed by atoms with Crippen molar-refractivity contribution in [2.75, 3.05) is 25.6 Å². The normalized spacial score (nSPS) is 10.5. The number of unbranched alkanes of at least 4 members (excludes halogenated alkanes) is 1. The zero-order chi connectivity index (χ0) is 23.3. The van der Waals surface area contributed by atoms with Crippen molar-refractivity contribution in [3.63, 3.8) is 0 Å². The number of nitrogens with zero attached hydrogens (tertiary/aromatic N) is 1. The summed E-state index contributed by atoms with van der Waals surface area (Å²) in [5, 5.41) is 8.82. The number of carbonyl (C=O) groups excluding carboxylic acids is 3. The van der Waals surface area contributed by atoms with Crippen LogP contribution >= 0.6 is 0 Å². The topological polar surface area (TPSA) is 118 Å². The lowest BCUT2D eigenvalue weighted by Gasteiger charge is -2.11. The highest BCUT2D eigenvalue weighted by molar-refractivity contribution is 6.35. The van der Waals surface area contributed by atoms with Crippen LogP contribution in [0.1, 0.15) is 25.3 Å². The van der Waals surface area contributed by atoms with Crippen LogP contribution in [-0.4, -0.2) is 44.2 Å². The largest absolute Gasteiger partial charge is 0.493 e. The standard InChI is InChI=1S/C22H25FN4O5/c1-3-4-11-24-21(29)22(30)27-25-13-15-5-10-18(19(12-15)31-2)32-14-20(28)26-17-8-6-16(23)7-9-17/h5-10,12-13H,3-4,11,14H2,1-2H3,(H,24,29)(H,26,28)(H,27,30)/b25-13-. The molecule has 0 bridgehead atoms. The van der Waals surface area contributed by atoms with Crippen molar-refractivity contribution >= 4 is 29.6 Å². The van der Waals surface area contributed by atoms with Gasteiger partial charge in [0.1, 0.15) is 5.82 Å². The van der Waals surface area contributed by atoms with Crippen LogP contribution in [0.4, 0.5) is 10.1 Å². The maximum atomic E-state index is 12.9. The zero-order valence-corrected chi connectivity index (χ0v) is 17.8. The lowest BCUT2D eigenvalue weighted by Crippen LogP contribution is -2.38. The molecule has 0 unspecified atom stereocenters. The van der Waals surface area contributed by atoms with Crippen LogP contribution in [0.3, 0.4) is 0 Å². The molecule has 3 N–H and O–H groups in total. The van der Waals surface area contributed by atoms with Gasteiger partial charge in [0.25, 0.3) is 5.91 Å². The summed E-state index contributed by atoms with van der Waals surface area (Å²) < 4.78 is 23.7. The average molecular weight is 444 g/mol. The number of nitrogens with one attached hydrogen (secondary N) is 3. The van der Waals surface area contributed by atoms with E-state index in [0.29, 0.717) is 29.3 Å². The third kappa shape index (κ3) is 8.05. The van der Waals surface area contributed by atoms with Gasteiger partial charge in [-0.25, -0.2) is 9.82 Å². The fraction of sp³-hybridized carbons (Fsp3) is 0.273. The van der Waals surface area contributed by atoms with Crippen molar-refractivity contribution in [1.82, 2.24) is 10.7 Å². The summed E-state index contributed by atoms with van der Waals surface area (Å²) in [5.41, 5.74) is 3.16. The van der Waals surface area contributed by atoms with Crippen molar-refractivity contribution in [3.8, 4) is 11.5 Å². The van der Waals surface area contributed by atoms with E-state index in [-0.39, 0.29) is 6.61 Å². The molecule has 0 saturated heterocycles. The molecule has 0 saturated carbocycles. The molecule has 2 rings (SSSR count). The van der Waals surface area contributed by atoms with E-state index in [4.69, 9.17) is 9.47 Å². The number of amides is 3. The number of hydrogen-bond donors (Lipinski definition) is 3. The first-order valence-corrected chi connectivity index (χ1v) is 9.90. The molecule has 32 heavy (non-hydrogen) atoms. The third-order valence-corrected chi connectivity index (χ3v) is 4.08. The first kappa shape index (κ1) is 24.3. The van der Waals surface area contributed by atoms with Crippen LogP contribution in [0.25, 0.3) is 0 Å². The Balaban J connectivity index is 1.87. The van der Waals surface area contributed by atoms with E-state index >= 15 is 0 Å². The summed E-state index contributed by atoms with van der Waals surface area (Å²) >= 11 is 0. The molecule has 0 fully saturated rings. The molecule has 10 heteroatoms. The number of hydrogen-bond acceptors (Lipinski definition) is 6. The second-order valence-electron chi connectivity index (χ2n) is 6.56. The van der Waals surface area contributed by atoms with E-state index in [1.54, 1.807) is 18.2 Å². The second-order valence-corrected chi connectivity index (χ2v) is 6.56. The van der Waals surface area contributed by atoms with Crippen LogP contribution < -0.4 is 25.5 Å². The highest BCUT2D eigenvalue weighted by Crippen LogP contribution is 2.27. The van der Waals surface area contributed by atoms with Crippen LogP contribution in [0, 0.1) is 5.82 Å². The molecule has 0 aliphatic rings. The summed E-state index contributed by atoms with van der Waals surface area (Å²) in [6.45, 7) is 2.11. The quantitative estimate of drug-likeness (QED) is 0.225. The molecule has 0 aliphatic carbocycles. The lowest BCUT2D eigenvalue weighted by atomic mass is 10.2. The molecule has 0 aliphatic heterocycles. The Kier molecular flexibility index (Phi) is 9.64. The van der Waals surface area contributed by atoms with E-state index < -0.39 is 23.5 Å². The Hall–Kier alpha value is -3.95. The van der Waals surface area contributed by atoms with Gasteiger partial charge >= 0.3 is 11.8 Å². The lowest BCUT2D eigenvalue weighted by molar-refractivity contribution is -0.139. The highest BCUT2D eigenvalue weighted by Gasteiger charge is 2.12. The predicted octanol–water partition coefficient (Wildman–Crippen LogP) is 2.22. The SMILES string of the molecule is CCCCNC(=O)C(=O)N/N=C\c1ccc(OCC(=O)Nc2ccc(F)cc2)c(OC)c1. The van der Waals surface area contributed by atoms with Crippen molar-refractivity contribution in [1.29, 1.82) is 0 Å². The first-order chi connectivity index (χ1) is 15.4. The van der Waals surface area contributed by atoms with E-state index in [2.05, 4.69) is 21.2 Å². The molecular weight excluding hydrogens is 419 g/mol. The van der Waals surface area contributed by atoms with E-state index in [1.807, 2.05) is 6.92 Å². The van der Waals surface area contributed by atoms with Crippen LogP contribution in [-0.2, 0) is 14.4 Å². The van der Waals surface area contributed by atoms with E-state index in [9.17, 15) is 18.8 Å². The second kappa shape index (κ2) is 12.7. The number of hydrazone groups is 1. The summed E-state index contributed by atoms with van der Waals surface area (Å²) in [7, 11) is 1.43. The van der Waals surface area contributed by atoms with Gasteiger partial charge in [-0.2, -0.15) is 5.10 Å². The molecule has 9 nitrogen and oxygen atoms in total. The van der Waals surface area contributed by atoms with Crippen molar-refractivity contribution in [3.05, 3.63) is 53.8 Å². The fourth-order valence-corrected chi connectivity index (χ4v) is 2.43. The Bertz CT molecular complexity index is 963. The number of anilines is 1. The Morgan fingerprint density at radius 1 is 1.06 bits per heavy atom. The molecule has 0 heterocycles. The smallest absolute Gasteiger partial charge is 0.329 e. The van der Waals surface area contributed by atoms with Gasteiger partial charge in [-0.15, -0.1) is 0 Å². The number of ether oxygens (including phenoxy) is 2. The van der Waals surface area contributed by atoms with Gasteiger partial charge in [-0.3, -0.25) is 14.4 Å². The predicted molar refractivity (Wildman–Crippen MR) is 117 cm³/mol. The van der Waals surface area contributed by atoms with Crippen LogP contribution in [0.15, 0.2) is 47.6 Å². The van der Waals surface area contributed by atoms with Crippen molar-refractivity contribution < 1.29 is 28.2 Å². The monoisotopic (exact) mass is 444 g/mol. The summed E-state index contributed by atoms with van der Waals surface area (Å²) in [6, 6.07) is 10.1. The van der Waals surface area contributed by atoms with Gasteiger partial charge in [0.2, 0.25) is 0 Å². The first-order valence-electron chi connectivity index (χ1n) is 9.90. The summed E-state index contributed by atoms with van der Waals surface area (Å²) in [5.74, 6) is -1.79. The minimum absolute atomic E-state index is 0.287. The number of benzene rings is 2. The minimum Gasteiger partial charge on any atom is -0.493 e. The maximum Gasteiger partial charge on any atom is 0.329 e. The zero-order valence-electron chi connectivity index (χ0n) is 17.8. The molecule has 3 amide bonds. The Morgan fingerprint density at radius 3 is 2.50 bits per heavy atom. The molecule has 0 aromatic heterocycles. The average Bonchev–Trinajstić information content (AvgIpc) is 2.79. The van der Waals surface area contributed by atoms with Crippen molar-refractivity contribution in [2.24, 2.45) is 5.10 Å². The minimum atomic E-state index is -0.864. The van der Waals surface area contributed by atoms with Gasteiger partial charge in [0.05, 0.1) is 13.3 Å². The van der Waals surface area contributed by atoms with Gasteiger partial charge < -0.3 is 20.1 Å². The molecule has 170 valence electrons. The molecule has 0 radical (unpaired) electrons. The number of halogens is 1. The fourth-order valence-electron chi connectivity index (χ4n) is 2.43. The van der Waals surface area contributed by atoms with E-state index in [1.165, 1.54) is 37.6 Å². The Labute approximate surface area is 185 Å². The molecule has 2 aromatic carbocycles. The molecule has 0 atom stereocenters. The van der Waals surface area contributed by atoms with Gasteiger partial charge in [0.15, 0.2) is 18.1 Å². The van der Waals surface area contributed by atoms with E-state index in [0.717, 1.165) is 12.8 Å². The summed E-state index contributed by atoms with van der Waals surface area (Å²) in [6.07, 6.45) is 3.02. The number of carbonyl (C=O) groups is 3. The van der Waals surface area contributed by atoms with Crippen molar-refractivity contribution in [2.45, 2.75) is 19.8 Å². The number of methoxy groups -OCH3 is 1. The molecule has 2 aromatic rings. The van der Waals surface area contributed by atoms with Crippen LogP contribution in [0.2, 0.25) is 0 Å². The van der Waals surface area contributed by atoms with Crippen LogP contribution in [0.5, 0.6) is 11.5 Å². The number of rotatable bonds is 10.